The highest BCUT2D eigenvalue weighted by atomic mass is 35.5. The molecule has 1 aliphatic carbocycles. The molecule has 24 heavy (non-hydrogen) atoms. The fourth-order valence-corrected chi connectivity index (χ4v) is 3.11. The minimum Gasteiger partial charge on any atom is -0.350 e. The van der Waals surface area contributed by atoms with Gasteiger partial charge in [-0.25, -0.2) is 0 Å². The zero-order chi connectivity index (χ0) is 17.0. The van der Waals surface area contributed by atoms with E-state index in [0.29, 0.717) is 12.0 Å². The van der Waals surface area contributed by atoms with Gasteiger partial charge in [-0.05, 0) is 63.3 Å². The molecule has 0 aromatic heterocycles. The first-order valence-corrected chi connectivity index (χ1v) is 8.33. The number of hydrogen-bond acceptors (Lipinski definition) is 3. The first-order chi connectivity index (χ1) is 10.9. The molecule has 0 spiro atoms. The minimum atomic E-state index is -0.0905. The third-order valence-electron chi connectivity index (χ3n) is 4.34. The summed E-state index contributed by atoms with van der Waals surface area (Å²) in [4.78, 5) is 24.2. The number of hydrogen-bond donors (Lipinski definition) is 3. The van der Waals surface area contributed by atoms with E-state index in [1.54, 1.807) is 12.1 Å². The fourth-order valence-electron chi connectivity index (χ4n) is 3.11. The predicted octanol–water partition coefficient (Wildman–Crippen LogP) is 3.01. The summed E-state index contributed by atoms with van der Waals surface area (Å²) < 4.78 is 0. The van der Waals surface area contributed by atoms with E-state index in [0.717, 1.165) is 30.5 Å². The Morgan fingerprint density at radius 1 is 1.29 bits per heavy atom. The predicted molar refractivity (Wildman–Crippen MR) is 99.6 cm³/mol. The van der Waals surface area contributed by atoms with Crippen LogP contribution >= 0.6 is 12.4 Å². The highest BCUT2D eigenvalue weighted by Crippen LogP contribution is 2.27. The third kappa shape index (κ3) is 5.49. The van der Waals surface area contributed by atoms with Gasteiger partial charge in [0.2, 0.25) is 5.91 Å². The van der Waals surface area contributed by atoms with Gasteiger partial charge in [-0.15, -0.1) is 12.4 Å². The summed E-state index contributed by atoms with van der Waals surface area (Å²) >= 11 is 0. The van der Waals surface area contributed by atoms with Crippen molar-refractivity contribution in [3.8, 4) is 0 Å². The Kier molecular flexibility index (Phi) is 7.70. The first kappa shape index (κ1) is 20.5. The van der Waals surface area contributed by atoms with Crippen molar-refractivity contribution in [3.05, 3.63) is 29.3 Å². The van der Waals surface area contributed by atoms with Gasteiger partial charge < -0.3 is 16.4 Å². The van der Waals surface area contributed by atoms with Gasteiger partial charge in [0.15, 0.2) is 0 Å². The minimum absolute atomic E-state index is 0. The van der Waals surface area contributed by atoms with Gasteiger partial charge in [0.05, 0.1) is 0 Å². The van der Waals surface area contributed by atoms with Crippen molar-refractivity contribution in [2.45, 2.75) is 58.5 Å². The number of benzene rings is 1. The summed E-state index contributed by atoms with van der Waals surface area (Å²) in [7, 11) is 0. The van der Waals surface area contributed by atoms with Gasteiger partial charge in [-0.2, -0.15) is 0 Å². The van der Waals surface area contributed by atoms with E-state index in [-0.39, 0.29) is 42.2 Å². The third-order valence-corrected chi connectivity index (χ3v) is 4.34. The SMILES string of the molecule is Cc1cc(NC(=O)C[C@@H]2CCC[C@H]2N)ccc1C(=O)NC(C)C.Cl. The second-order valence-electron chi connectivity index (χ2n) is 6.77. The monoisotopic (exact) mass is 353 g/mol. The topological polar surface area (TPSA) is 84.2 Å². The van der Waals surface area contributed by atoms with Crippen molar-refractivity contribution >= 4 is 29.9 Å². The molecule has 0 heterocycles. The molecule has 2 atom stereocenters. The molecule has 2 rings (SSSR count). The molecule has 1 aliphatic rings. The normalized spacial score (nSPS) is 19.7. The molecule has 1 saturated carbocycles. The van der Waals surface area contributed by atoms with Crippen LogP contribution in [0.15, 0.2) is 18.2 Å². The first-order valence-electron chi connectivity index (χ1n) is 8.33. The fraction of sp³-hybridized carbons (Fsp3) is 0.556. The zero-order valence-electron chi connectivity index (χ0n) is 14.6. The van der Waals surface area contributed by atoms with Gasteiger partial charge in [0.25, 0.3) is 5.91 Å². The Balaban J connectivity index is 0.00000288. The van der Waals surface area contributed by atoms with Crippen LogP contribution in [0.2, 0.25) is 0 Å². The van der Waals surface area contributed by atoms with E-state index < -0.39 is 0 Å². The van der Waals surface area contributed by atoms with Crippen LogP contribution in [0.5, 0.6) is 0 Å². The average molecular weight is 354 g/mol. The molecule has 1 aromatic rings. The maximum Gasteiger partial charge on any atom is 0.251 e. The van der Waals surface area contributed by atoms with Crippen molar-refractivity contribution in [1.29, 1.82) is 0 Å². The molecular formula is C18H28ClN3O2. The molecule has 0 saturated heterocycles. The zero-order valence-corrected chi connectivity index (χ0v) is 15.4. The molecule has 0 radical (unpaired) electrons. The number of halogens is 1. The largest absolute Gasteiger partial charge is 0.350 e. The van der Waals surface area contributed by atoms with E-state index in [9.17, 15) is 9.59 Å². The van der Waals surface area contributed by atoms with Crippen molar-refractivity contribution in [1.82, 2.24) is 5.32 Å². The van der Waals surface area contributed by atoms with E-state index in [2.05, 4.69) is 10.6 Å². The molecule has 5 nitrogen and oxygen atoms in total. The quantitative estimate of drug-likeness (QED) is 0.760. The van der Waals surface area contributed by atoms with Crippen LogP contribution < -0.4 is 16.4 Å². The lowest BCUT2D eigenvalue weighted by Crippen LogP contribution is -2.30. The molecule has 0 unspecified atom stereocenters. The van der Waals surface area contributed by atoms with Crippen LogP contribution in [0, 0.1) is 12.8 Å². The average Bonchev–Trinajstić information content (AvgIpc) is 2.83. The summed E-state index contributed by atoms with van der Waals surface area (Å²) in [5, 5.41) is 5.78. The lowest BCUT2D eigenvalue weighted by molar-refractivity contribution is -0.117. The van der Waals surface area contributed by atoms with Gasteiger partial charge in [-0.3, -0.25) is 9.59 Å². The summed E-state index contributed by atoms with van der Waals surface area (Å²) in [6.45, 7) is 5.73. The molecule has 6 heteroatoms. The van der Waals surface area contributed by atoms with E-state index in [1.165, 1.54) is 0 Å². The number of nitrogens with two attached hydrogens (primary N) is 1. The molecule has 134 valence electrons. The van der Waals surface area contributed by atoms with Crippen LogP contribution in [0.1, 0.15) is 55.5 Å². The van der Waals surface area contributed by atoms with Crippen LogP contribution in [-0.4, -0.2) is 23.9 Å². The van der Waals surface area contributed by atoms with Gasteiger partial charge in [0.1, 0.15) is 0 Å². The Hall–Kier alpha value is -1.59. The van der Waals surface area contributed by atoms with E-state index in [4.69, 9.17) is 5.73 Å². The van der Waals surface area contributed by atoms with Crippen molar-refractivity contribution in [2.75, 3.05) is 5.32 Å². The second-order valence-corrected chi connectivity index (χ2v) is 6.77. The molecule has 0 bridgehead atoms. The number of aryl methyl sites for hydroxylation is 1. The van der Waals surface area contributed by atoms with Crippen LogP contribution in [0.4, 0.5) is 5.69 Å². The number of rotatable bonds is 5. The highest BCUT2D eigenvalue weighted by Gasteiger charge is 2.26. The summed E-state index contributed by atoms with van der Waals surface area (Å²) in [5.74, 6) is 0.186. The number of nitrogens with one attached hydrogen (secondary N) is 2. The maximum atomic E-state index is 12.1. The van der Waals surface area contributed by atoms with E-state index >= 15 is 0 Å². The smallest absolute Gasteiger partial charge is 0.251 e. The second kappa shape index (κ2) is 9.04. The molecule has 2 amide bonds. The molecule has 1 aromatic carbocycles. The summed E-state index contributed by atoms with van der Waals surface area (Å²) in [5.41, 5.74) is 8.22. The lowest BCUT2D eigenvalue weighted by atomic mass is 9.99. The Bertz CT molecular complexity index is 590. The molecule has 1 fully saturated rings. The number of carbonyl (C=O) groups is 2. The van der Waals surface area contributed by atoms with Crippen molar-refractivity contribution < 1.29 is 9.59 Å². The highest BCUT2D eigenvalue weighted by molar-refractivity contribution is 5.97. The molecular weight excluding hydrogens is 326 g/mol. The van der Waals surface area contributed by atoms with Gasteiger partial charge in [-0.1, -0.05) is 6.42 Å². The molecule has 0 aliphatic heterocycles. The Labute approximate surface area is 150 Å². The number of amides is 2. The Morgan fingerprint density at radius 2 is 2.00 bits per heavy atom. The maximum absolute atomic E-state index is 12.1. The van der Waals surface area contributed by atoms with Gasteiger partial charge in [0, 0.05) is 29.8 Å². The van der Waals surface area contributed by atoms with Gasteiger partial charge >= 0.3 is 0 Å². The van der Waals surface area contributed by atoms with Crippen molar-refractivity contribution in [2.24, 2.45) is 11.7 Å². The molecule has 4 N–H and O–H groups in total. The standard InChI is InChI=1S/C18H27N3O2.ClH/c1-11(2)20-18(23)15-8-7-14(9-12(15)3)21-17(22)10-13-5-4-6-16(13)19;/h7-9,11,13,16H,4-6,10,19H2,1-3H3,(H,20,23)(H,21,22);1H/t13-,16+;/m0./s1. The summed E-state index contributed by atoms with van der Waals surface area (Å²) in [6.07, 6.45) is 3.62. The summed E-state index contributed by atoms with van der Waals surface area (Å²) in [6, 6.07) is 5.60. The number of anilines is 1. The van der Waals surface area contributed by atoms with Crippen LogP contribution in [-0.2, 0) is 4.79 Å². The van der Waals surface area contributed by atoms with Crippen LogP contribution in [0.3, 0.4) is 0 Å². The van der Waals surface area contributed by atoms with E-state index in [1.807, 2.05) is 26.8 Å². The van der Waals surface area contributed by atoms with Crippen LogP contribution in [0.25, 0.3) is 0 Å². The lowest BCUT2D eigenvalue weighted by Gasteiger charge is -2.15. The number of carbonyl (C=O) groups excluding carboxylic acids is 2. The van der Waals surface area contributed by atoms with Crippen molar-refractivity contribution in [3.63, 3.8) is 0 Å². The Morgan fingerprint density at radius 3 is 2.54 bits per heavy atom.